The van der Waals surface area contributed by atoms with E-state index >= 15 is 0 Å². The molecule has 5 heteroatoms. The van der Waals surface area contributed by atoms with Gasteiger partial charge in [-0.15, -0.1) is 0 Å². The van der Waals surface area contributed by atoms with E-state index in [2.05, 4.69) is 5.32 Å². The van der Waals surface area contributed by atoms with Gasteiger partial charge < -0.3 is 15.8 Å². The summed E-state index contributed by atoms with van der Waals surface area (Å²) in [6.07, 6.45) is 3.31. The zero-order chi connectivity index (χ0) is 14.5. The van der Waals surface area contributed by atoms with Gasteiger partial charge in [0, 0.05) is 7.11 Å². The minimum atomic E-state index is -0.678. The van der Waals surface area contributed by atoms with Crippen LogP contribution in [-0.4, -0.2) is 25.7 Å². The van der Waals surface area contributed by atoms with Crippen LogP contribution >= 0.6 is 0 Å². The monoisotopic (exact) mass is 280 g/mol. The lowest BCUT2D eigenvalue weighted by Gasteiger charge is -2.35. The first kappa shape index (κ1) is 14.9. The lowest BCUT2D eigenvalue weighted by Crippen LogP contribution is -2.47. The van der Waals surface area contributed by atoms with Crippen LogP contribution < -0.4 is 11.1 Å². The normalized spacial score (nSPS) is 18.1. The van der Waals surface area contributed by atoms with E-state index in [1.807, 2.05) is 0 Å². The fraction of sp³-hybridized carbons (Fsp3) is 0.533. The number of hydrogen-bond donors (Lipinski definition) is 2. The van der Waals surface area contributed by atoms with Crippen LogP contribution in [0.4, 0.5) is 4.39 Å². The predicted octanol–water partition coefficient (Wildman–Crippen LogP) is 1.76. The lowest BCUT2D eigenvalue weighted by molar-refractivity contribution is -0.124. The van der Waals surface area contributed by atoms with Crippen molar-refractivity contribution in [3.63, 3.8) is 0 Å². The van der Waals surface area contributed by atoms with Crippen molar-refractivity contribution < 1.29 is 13.9 Å². The first-order valence-corrected chi connectivity index (χ1v) is 6.92. The number of amides is 1. The van der Waals surface area contributed by atoms with E-state index in [0.717, 1.165) is 18.4 Å². The third kappa shape index (κ3) is 3.55. The smallest absolute Gasteiger partial charge is 0.239 e. The van der Waals surface area contributed by atoms with E-state index in [4.69, 9.17) is 10.5 Å². The molecule has 2 atom stereocenters. The second-order valence-electron chi connectivity index (χ2n) is 5.29. The van der Waals surface area contributed by atoms with Gasteiger partial charge in [0.05, 0.1) is 12.6 Å². The summed E-state index contributed by atoms with van der Waals surface area (Å²) < 4.78 is 17.9. The summed E-state index contributed by atoms with van der Waals surface area (Å²) in [4.78, 5) is 12.0. The Morgan fingerprint density at radius 1 is 1.45 bits per heavy atom. The Labute approximate surface area is 118 Å². The zero-order valence-corrected chi connectivity index (χ0v) is 11.6. The van der Waals surface area contributed by atoms with Gasteiger partial charge in [-0.2, -0.15) is 0 Å². The summed E-state index contributed by atoms with van der Waals surface area (Å²) in [6, 6.07) is 5.51. The van der Waals surface area contributed by atoms with Crippen molar-refractivity contribution >= 4 is 5.91 Å². The molecule has 0 saturated heterocycles. The summed E-state index contributed by atoms with van der Waals surface area (Å²) in [6.45, 7) is 0.187. The molecule has 0 bridgehead atoms. The Balaban J connectivity index is 2.08. The SMILES string of the molecule is COCC(N)C(=O)NC(c1ccc(F)cc1)C1CCC1. The highest BCUT2D eigenvalue weighted by atomic mass is 19.1. The molecule has 1 aromatic carbocycles. The number of nitrogens with one attached hydrogen (secondary N) is 1. The lowest BCUT2D eigenvalue weighted by atomic mass is 9.77. The first-order chi connectivity index (χ1) is 9.61. The second kappa shape index (κ2) is 6.81. The van der Waals surface area contributed by atoms with Gasteiger partial charge in [0.2, 0.25) is 5.91 Å². The van der Waals surface area contributed by atoms with Crippen LogP contribution in [0.1, 0.15) is 30.9 Å². The molecule has 2 rings (SSSR count). The number of rotatable bonds is 6. The van der Waals surface area contributed by atoms with E-state index in [-0.39, 0.29) is 24.4 Å². The van der Waals surface area contributed by atoms with Gasteiger partial charge >= 0.3 is 0 Å². The van der Waals surface area contributed by atoms with Gasteiger partial charge in [0.1, 0.15) is 11.9 Å². The van der Waals surface area contributed by atoms with Crippen molar-refractivity contribution in [1.82, 2.24) is 5.32 Å². The van der Waals surface area contributed by atoms with Crippen molar-refractivity contribution in [2.45, 2.75) is 31.3 Å². The van der Waals surface area contributed by atoms with Crippen LogP contribution in [-0.2, 0) is 9.53 Å². The summed E-state index contributed by atoms with van der Waals surface area (Å²) in [5.41, 5.74) is 6.67. The molecule has 1 amide bonds. The Hall–Kier alpha value is -1.46. The Morgan fingerprint density at radius 2 is 2.10 bits per heavy atom. The molecule has 4 nitrogen and oxygen atoms in total. The topological polar surface area (TPSA) is 64.3 Å². The van der Waals surface area contributed by atoms with Gasteiger partial charge in [-0.1, -0.05) is 18.6 Å². The van der Waals surface area contributed by atoms with Crippen LogP contribution in [0.3, 0.4) is 0 Å². The molecule has 1 aliphatic carbocycles. The maximum absolute atomic E-state index is 13.0. The van der Waals surface area contributed by atoms with Crippen LogP contribution in [0.5, 0.6) is 0 Å². The molecular weight excluding hydrogens is 259 g/mol. The van der Waals surface area contributed by atoms with E-state index in [1.165, 1.54) is 25.7 Å². The molecular formula is C15H21FN2O2. The van der Waals surface area contributed by atoms with Gasteiger partial charge in [0.25, 0.3) is 0 Å². The number of carbonyl (C=O) groups is 1. The van der Waals surface area contributed by atoms with E-state index in [9.17, 15) is 9.18 Å². The third-order valence-electron chi connectivity index (χ3n) is 3.83. The molecule has 2 unspecified atom stereocenters. The molecule has 0 heterocycles. The molecule has 0 spiro atoms. The van der Waals surface area contributed by atoms with Crippen molar-refractivity contribution in [3.8, 4) is 0 Å². The molecule has 20 heavy (non-hydrogen) atoms. The van der Waals surface area contributed by atoms with Crippen molar-refractivity contribution in [2.75, 3.05) is 13.7 Å². The predicted molar refractivity (Wildman–Crippen MR) is 74.5 cm³/mol. The maximum atomic E-state index is 13.0. The van der Waals surface area contributed by atoms with Crippen LogP contribution in [0.15, 0.2) is 24.3 Å². The Bertz CT molecular complexity index is 446. The van der Waals surface area contributed by atoms with Gasteiger partial charge in [-0.25, -0.2) is 4.39 Å². The molecule has 0 radical (unpaired) electrons. The van der Waals surface area contributed by atoms with Crippen LogP contribution in [0.2, 0.25) is 0 Å². The number of benzene rings is 1. The first-order valence-electron chi connectivity index (χ1n) is 6.92. The second-order valence-corrected chi connectivity index (χ2v) is 5.29. The molecule has 1 saturated carbocycles. The third-order valence-corrected chi connectivity index (χ3v) is 3.83. The number of methoxy groups -OCH3 is 1. The number of nitrogens with two attached hydrogens (primary N) is 1. The van der Waals surface area contributed by atoms with Gasteiger partial charge in [0.15, 0.2) is 0 Å². The minimum Gasteiger partial charge on any atom is -0.383 e. The van der Waals surface area contributed by atoms with Crippen molar-refractivity contribution in [1.29, 1.82) is 0 Å². The Kier molecular flexibility index (Phi) is 5.09. The standard InChI is InChI=1S/C15H21FN2O2/c1-20-9-13(17)15(19)18-14(10-3-2-4-10)11-5-7-12(16)8-6-11/h5-8,10,13-14H,2-4,9,17H2,1H3,(H,18,19). The summed E-state index contributed by atoms with van der Waals surface area (Å²) in [5, 5.41) is 2.97. The average Bonchev–Trinajstić information content (AvgIpc) is 2.37. The van der Waals surface area contributed by atoms with Gasteiger partial charge in [-0.05, 0) is 36.5 Å². The van der Waals surface area contributed by atoms with Crippen LogP contribution in [0.25, 0.3) is 0 Å². The molecule has 0 aliphatic heterocycles. The van der Waals surface area contributed by atoms with E-state index < -0.39 is 6.04 Å². The number of ether oxygens (including phenoxy) is 1. The largest absolute Gasteiger partial charge is 0.383 e. The van der Waals surface area contributed by atoms with Gasteiger partial charge in [-0.3, -0.25) is 4.79 Å². The zero-order valence-electron chi connectivity index (χ0n) is 11.6. The summed E-state index contributed by atoms with van der Waals surface area (Å²) in [5.74, 6) is -0.101. The van der Waals surface area contributed by atoms with E-state index in [0.29, 0.717) is 5.92 Å². The fourth-order valence-corrected chi connectivity index (χ4v) is 2.43. The maximum Gasteiger partial charge on any atom is 0.239 e. The number of halogens is 1. The molecule has 1 aromatic rings. The highest BCUT2D eigenvalue weighted by Crippen LogP contribution is 2.37. The molecule has 110 valence electrons. The molecule has 0 aromatic heterocycles. The highest BCUT2D eigenvalue weighted by molar-refractivity contribution is 5.82. The molecule has 1 aliphatic rings. The summed E-state index contributed by atoms with van der Waals surface area (Å²) >= 11 is 0. The average molecular weight is 280 g/mol. The molecule has 1 fully saturated rings. The number of hydrogen-bond acceptors (Lipinski definition) is 3. The molecule has 3 N–H and O–H groups in total. The van der Waals surface area contributed by atoms with Crippen LogP contribution in [0, 0.1) is 11.7 Å². The fourth-order valence-electron chi connectivity index (χ4n) is 2.43. The minimum absolute atomic E-state index is 0.0974. The van der Waals surface area contributed by atoms with Crippen molar-refractivity contribution in [2.24, 2.45) is 11.7 Å². The quantitative estimate of drug-likeness (QED) is 0.834. The number of carbonyl (C=O) groups excluding carboxylic acids is 1. The Morgan fingerprint density at radius 3 is 2.60 bits per heavy atom. The van der Waals surface area contributed by atoms with Crippen molar-refractivity contribution in [3.05, 3.63) is 35.6 Å². The van der Waals surface area contributed by atoms with E-state index in [1.54, 1.807) is 12.1 Å². The highest BCUT2D eigenvalue weighted by Gasteiger charge is 2.30. The summed E-state index contributed by atoms with van der Waals surface area (Å²) in [7, 11) is 1.51.